The maximum atomic E-state index is 12.9. The topological polar surface area (TPSA) is 82.6 Å². The van der Waals surface area contributed by atoms with Crippen molar-refractivity contribution in [1.29, 1.82) is 0 Å². The highest BCUT2D eigenvalue weighted by atomic mass is 35.5. The van der Waals surface area contributed by atoms with Gasteiger partial charge in [0.1, 0.15) is 5.75 Å². The van der Waals surface area contributed by atoms with E-state index in [1.807, 2.05) is 24.4 Å². The first kappa shape index (κ1) is 21.3. The van der Waals surface area contributed by atoms with Gasteiger partial charge in [-0.1, -0.05) is 29.3 Å². The molecule has 2 aromatic carbocycles. The number of H-pyrrole nitrogens is 1. The van der Waals surface area contributed by atoms with Gasteiger partial charge in [-0.3, -0.25) is 9.59 Å². The van der Waals surface area contributed by atoms with Gasteiger partial charge >= 0.3 is 0 Å². The van der Waals surface area contributed by atoms with Crippen molar-refractivity contribution in [3.05, 3.63) is 75.1 Å². The van der Waals surface area contributed by atoms with Crippen molar-refractivity contribution in [2.75, 3.05) is 13.7 Å². The number of carbonyl (C=O) groups is 2. The monoisotopic (exact) mass is 458 g/mol. The third-order valence-corrected chi connectivity index (χ3v) is 6.10. The minimum Gasteiger partial charge on any atom is -0.503 e. The van der Waals surface area contributed by atoms with E-state index in [1.165, 1.54) is 11.8 Å². The SMILES string of the molecule is COc1ccc2[nH]cc(CCN3C(=O)C(O)=C(C(C)=O)[C@@H]3c3ccc(Cl)cc3Cl)c2c1. The Bertz CT molecular complexity index is 1230. The van der Waals surface area contributed by atoms with E-state index in [2.05, 4.69) is 4.98 Å². The number of aromatic amines is 1. The zero-order chi connectivity index (χ0) is 22.3. The predicted molar refractivity (Wildman–Crippen MR) is 120 cm³/mol. The largest absolute Gasteiger partial charge is 0.503 e. The Morgan fingerprint density at radius 2 is 2.00 bits per heavy atom. The number of rotatable bonds is 6. The number of hydrogen-bond donors (Lipinski definition) is 2. The van der Waals surface area contributed by atoms with Crippen LogP contribution in [0.1, 0.15) is 24.1 Å². The molecule has 8 heteroatoms. The quantitative estimate of drug-likeness (QED) is 0.543. The number of fused-ring (bicyclic) bond motifs is 1. The molecule has 160 valence electrons. The van der Waals surface area contributed by atoms with Crippen LogP contribution < -0.4 is 4.74 Å². The molecule has 0 unspecified atom stereocenters. The van der Waals surface area contributed by atoms with Crippen molar-refractivity contribution >= 4 is 45.8 Å². The first-order valence-electron chi connectivity index (χ1n) is 9.65. The Balaban J connectivity index is 1.69. The molecule has 4 rings (SSSR count). The molecule has 0 spiro atoms. The van der Waals surface area contributed by atoms with Crippen LogP contribution in [-0.2, 0) is 16.0 Å². The minimum atomic E-state index is -0.783. The van der Waals surface area contributed by atoms with Crippen molar-refractivity contribution in [3.63, 3.8) is 0 Å². The average molecular weight is 459 g/mol. The summed E-state index contributed by atoms with van der Waals surface area (Å²) in [7, 11) is 1.61. The van der Waals surface area contributed by atoms with Crippen molar-refractivity contribution in [1.82, 2.24) is 9.88 Å². The molecule has 0 aliphatic carbocycles. The maximum absolute atomic E-state index is 12.9. The second-order valence-corrected chi connectivity index (χ2v) is 8.20. The number of halogens is 2. The Morgan fingerprint density at radius 1 is 1.23 bits per heavy atom. The molecule has 1 aliphatic rings. The number of benzene rings is 2. The van der Waals surface area contributed by atoms with Crippen LogP contribution in [0, 0.1) is 0 Å². The summed E-state index contributed by atoms with van der Waals surface area (Å²) in [4.78, 5) is 29.9. The Labute approximate surface area is 189 Å². The molecular formula is C23H20Cl2N2O4. The summed E-state index contributed by atoms with van der Waals surface area (Å²) in [6.45, 7) is 1.60. The molecule has 6 nitrogen and oxygen atoms in total. The lowest BCUT2D eigenvalue weighted by Crippen LogP contribution is -2.33. The zero-order valence-corrected chi connectivity index (χ0v) is 18.4. The summed E-state index contributed by atoms with van der Waals surface area (Å²) in [6, 6.07) is 9.81. The highest BCUT2D eigenvalue weighted by molar-refractivity contribution is 6.35. The van der Waals surface area contributed by atoms with Crippen molar-refractivity contribution in [3.8, 4) is 5.75 Å². The van der Waals surface area contributed by atoms with Crippen molar-refractivity contribution < 1.29 is 19.4 Å². The van der Waals surface area contributed by atoms with Crippen LogP contribution in [0.2, 0.25) is 10.0 Å². The lowest BCUT2D eigenvalue weighted by atomic mass is 9.96. The summed E-state index contributed by atoms with van der Waals surface area (Å²) >= 11 is 12.4. The number of ether oxygens (including phenoxy) is 1. The highest BCUT2D eigenvalue weighted by Gasteiger charge is 2.42. The number of methoxy groups -OCH3 is 1. The van der Waals surface area contributed by atoms with Gasteiger partial charge in [0.15, 0.2) is 11.5 Å². The zero-order valence-electron chi connectivity index (χ0n) is 16.9. The second-order valence-electron chi connectivity index (χ2n) is 7.36. The molecule has 1 atom stereocenters. The number of Topliss-reactive ketones (excluding diaryl/α,β-unsaturated/α-hetero) is 1. The van der Waals surface area contributed by atoms with Crippen molar-refractivity contribution in [2.24, 2.45) is 0 Å². The van der Waals surface area contributed by atoms with Crippen LogP contribution in [0.15, 0.2) is 53.9 Å². The van der Waals surface area contributed by atoms with E-state index >= 15 is 0 Å². The molecule has 0 bridgehead atoms. The van der Waals surface area contributed by atoms with E-state index in [1.54, 1.807) is 25.3 Å². The molecule has 0 saturated heterocycles. The number of carbonyl (C=O) groups excluding carboxylic acids is 2. The first-order chi connectivity index (χ1) is 14.8. The number of amides is 1. The molecule has 2 N–H and O–H groups in total. The number of ketones is 1. The minimum absolute atomic E-state index is 0.0369. The molecular weight excluding hydrogens is 439 g/mol. The molecule has 1 amide bonds. The van der Waals surface area contributed by atoms with Crippen LogP contribution in [0.5, 0.6) is 5.75 Å². The lowest BCUT2D eigenvalue weighted by molar-refractivity contribution is -0.129. The number of aliphatic hydroxyl groups excluding tert-OH is 1. The summed E-state index contributed by atoms with van der Waals surface area (Å²) in [5, 5.41) is 12.2. The normalized spacial score (nSPS) is 16.5. The first-order valence-corrected chi connectivity index (χ1v) is 10.4. The summed E-state index contributed by atoms with van der Waals surface area (Å²) < 4.78 is 5.31. The van der Waals surface area contributed by atoms with Gasteiger partial charge in [0.2, 0.25) is 0 Å². The smallest absolute Gasteiger partial charge is 0.290 e. The van der Waals surface area contributed by atoms with Gasteiger partial charge in [-0.25, -0.2) is 0 Å². The fourth-order valence-electron chi connectivity index (χ4n) is 4.02. The van der Waals surface area contributed by atoms with Gasteiger partial charge in [0.05, 0.1) is 18.7 Å². The number of aliphatic hydroxyl groups is 1. The van der Waals surface area contributed by atoms with E-state index in [0.717, 1.165) is 22.2 Å². The highest BCUT2D eigenvalue weighted by Crippen LogP contribution is 2.41. The third kappa shape index (κ3) is 3.77. The van der Waals surface area contributed by atoms with Gasteiger partial charge in [0.25, 0.3) is 5.91 Å². The standard InChI is InChI=1S/C23H20Cl2N2O4/c1-12(28)20-21(16-5-3-14(24)9-18(16)25)27(23(30)22(20)29)8-7-13-11-26-19-6-4-15(31-2)10-17(13)19/h3-6,9-11,21,26,29H,7-8H2,1-2H3/t21-/m0/s1. The third-order valence-electron chi connectivity index (χ3n) is 5.54. The molecule has 0 radical (unpaired) electrons. The molecule has 3 aromatic rings. The van der Waals surface area contributed by atoms with Crippen LogP contribution in [0.3, 0.4) is 0 Å². The van der Waals surface area contributed by atoms with Gasteiger partial charge in [-0.2, -0.15) is 0 Å². The van der Waals surface area contributed by atoms with Crippen molar-refractivity contribution in [2.45, 2.75) is 19.4 Å². The predicted octanol–water partition coefficient (Wildman–Crippen LogP) is 5.01. The van der Waals surface area contributed by atoms with Crippen LogP contribution in [0.4, 0.5) is 0 Å². The van der Waals surface area contributed by atoms with Crippen LogP contribution in [-0.4, -0.2) is 40.3 Å². The fourth-order valence-corrected chi connectivity index (χ4v) is 4.53. The number of hydrogen-bond acceptors (Lipinski definition) is 4. The summed E-state index contributed by atoms with van der Waals surface area (Å²) in [5.41, 5.74) is 2.51. The molecule has 2 heterocycles. The lowest BCUT2D eigenvalue weighted by Gasteiger charge is -2.27. The van der Waals surface area contributed by atoms with E-state index in [-0.39, 0.29) is 17.9 Å². The average Bonchev–Trinajstić information content (AvgIpc) is 3.25. The second kappa shape index (κ2) is 8.29. The van der Waals surface area contributed by atoms with Crippen LogP contribution >= 0.6 is 23.2 Å². The van der Waals surface area contributed by atoms with Gasteiger partial charge in [-0.15, -0.1) is 0 Å². The van der Waals surface area contributed by atoms with Crippen LogP contribution in [0.25, 0.3) is 10.9 Å². The fraction of sp³-hybridized carbons (Fsp3) is 0.217. The maximum Gasteiger partial charge on any atom is 0.290 e. The molecule has 1 aliphatic heterocycles. The van der Waals surface area contributed by atoms with E-state index < -0.39 is 17.7 Å². The van der Waals surface area contributed by atoms with E-state index in [4.69, 9.17) is 27.9 Å². The van der Waals surface area contributed by atoms with Gasteiger partial charge < -0.3 is 19.7 Å². The molecule has 31 heavy (non-hydrogen) atoms. The van der Waals surface area contributed by atoms with Gasteiger partial charge in [0, 0.05) is 33.7 Å². The van der Waals surface area contributed by atoms with E-state index in [0.29, 0.717) is 22.0 Å². The Hall–Kier alpha value is -2.96. The van der Waals surface area contributed by atoms with E-state index in [9.17, 15) is 14.7 Å². The summed E-state index contributed by atoms with van der Waals surface area (Å²) in [5.74, 6) is -0.793. The summed E-state index contributed by atoms with van der Waals surface area (Å²) in [6.07, 6.45) is 2.38. The Kier molecular flexibility index (Phi) is 5.69. The molecule has 0 fully saturated rings. The van der Waals surface area contributed by atoms with Gasteiger partial charge in [-0.05, 0) is 54.8 Å². The number of aromatic nitrogens is 1. The molecule has 0 saturated carbocycles. The number of nitrogens with one attached hydrogen (secondary N) is 1. The Morgan fingerprint density at radius 3 is 2.68 bits per heavy atom. The number of nitrogens with zero attached hydrogens (tertiary/aromatic N) is 1. The molecule has 1 aromatic heterocycles.